The van der Waals surface area contributed by atoms with E-state index in [9.17, 15) is 14.4 Å². The van der Waals surface area contributed by atoms with E-state index in [1.807, 2.05) is 0 Å². The van der Waals surface area contributed by atoms with E-state index in [1.165, 1.54) is 7.11 Å². The molecule has 0 aliphatic carbocycles. The van der Waals surface area contributed by atoms with Crippen molar-refractivity contribution >= 4 is 18.0 Å². The molecule has 6 nitrogen and oxygen atoms in total. The van der Waals surface area contributed by atoms with E-state index in [0.717, 1.165) is 4.90 Å². The Kier molecular flexibility index (Phi) is 3.98. The van der Waals surface area contributed by atoms with E-state index in [1.54, 1.807) is 27.7 Å². The highest BCUT2D eigenvalue weighted by molar-refractivity contribution is 5.99. The number of esters is 1. The topological polar surface area (TPSA) is 72.9 Å². The summed E-state index contributed by atoms with van der Waals surface area (Å²) in [5.74, 6) is -1.27. The number of ether oxygens (including phenoxy) is 2. The maximum Gasteiger partial charge on any atom is 0.417 e. The first kappa shape index (κ1) is 14.5. The Labute approximate surface area is 106 Å². The van der Waals surface area contributed by atoms with Crippen LogP contribution in [0.3, 0.4) is 0 Å². The summed E-state index contributed by atoms with van der Waals surface area (Å²) >= 11 is 0. The molecule has 0 saturated carbocycles. The third kappa shape index (κ3) is 3.00. The third-order valence-corrected chi connectivity index (χ3v) is 2.62. The van der Waals surface area contributed by atoms with E-state index in [4.69, 9.17) is 4.74 Å². The normalized spacial score (nSPS) is 24.1. The van der Waals surface area contributed by atoms with Gasteiger partial charge in [-0.2, -0.15) is 0 Å². The minimum Gasteiger partial charge on any atom is -0.467 e. The van der Waals surface area contributed by atoms with Crippen molar-refractivity contribution in [3.05, 3.63) is 0 Å². The summed E-state index contributed by atoms with van der Waals surface area (Å²) in [4.78, 5) is 36.2. The molecule has 6 heteroatoms. The summed E-state index contributed by atoms with van der Waals surface area (Å²) in [5.41, 5.74) is -0.718. The molecule has 0 spiro atoms. The van der Waals surface area contributed by atoms with Crippen LogP contribution in [-0.2, 0) is 19.1 Å². The molecule has 1 heterocycles. The second-order valence-electron chi connectivity index (χ2n) is 5.39. The average Bonchev–Trinajstić information content (AvgIpc) is 2.49. The van der Waals surface area contributed by atoms with Gasteiger partial charge in [-0.15, -0.1) is 0 Å². The quantitative estimate of drug-likeness (QED) is 0.663. The van der Waals surface area contributed by atoms with Crippen molar-refractivity contribution in [1.29, 1.82) is 0 Å². The molecule has 102 valence electrons. The predicted octanol–water partition coefficient (Wildman–Crippen LogP) is 1.33. The number of hydrogen-bond acceptors (Lipinski definition) is 5. The van der Waals surface area contributed by atoms with Crippen LogP contribution < -0.4 is 0 Å². The molecule has 0 aromatic heterocycles. The fourth-order valence-corrected chi connectivity index (χ4v) is 1.88. The van der Waals surface area contributed by atoms with E-state index in [-0.39, 0.29) is 12.3 Å². The van der Waals surface area contributed by atoms with Gasteiger partial charge in [-0.05, 0) is 26.7 Å². The summed E-state index contributed by atoms with van der Waals surface area (Å²) in [5, 5.41) is 0. The summed E-state index contributed by atoms with van der Waals surface area (Å²) in [6, 6.07) is -0.891. The summed E-state index contributed by atoms with van der Waals surface area (Å²) < 4.78 is 9.75. The Morgan fingerprint density at radius 2 is 1.89 bits per heavy atom. The number of carbonyl (C=O) groups is 3. The van der Waals surface area contributed by atoms with Gasteiger partial charge in [0.15, 0.2) is 0 Å². The third-order valence-electron chi connectivity index (χ3n) is 2.62. The molecule has 0 bridgehead atoms. The molecule has 18 heavy (non-hydrogen) atoms. The SMILES string of the molecule is COC(=O)C1C(C)CC(=O)N1C(=O)OC(C)(C)C. The molecule has 0 aromatic rings. The molecule has 0 radical (unpaired) electrons. The highest BCUT2D eigenvalue weighted by atomic mass is 16.6. The van der Waals surface area contributed by atoms with Gasteiger partial charge >= 0.3 is 12.1 Å². The largest absolute Gasteiger partial charge is 0.467 e. The second-order valence-corrected chi connectivity index (χ2v) is 5.39. The van der Waals surface area contributed by atoms with Crippen molar-refractivity contribution in [3.63, 3.8) is 0 Å². The first-order valence-electron chi connectivity index (χ1n) is 5.80. The van der Waals surface area contributed by atoms with Crippen LogP contribution in [0.2, 0.25) is 0 Å². The number of methoxy groups -OCH3 is 1. The smallest absolute Gasteiger partial charge is 0.417 e. The molecule has 1 aliphatic rings. The number of hydrogen-bond donors (Lipinski definition) is 0. The van der Waals surface area contributed by atoms with Crippen molar-refractivity contribution in [2.24, 2.45) is 5.92 Å². The van der Waals surface area contributed by atoms with Gasteiger partial charge in [-0.3, -0.25) is 4.79 Å². The minimum atomic E-state index is -0.891. The summed E-state index contributed by atoms with van der Waals surface area (Å²) in [6.07, 6.45) is -0.661. The lowest BCUT2D eigenvalue weighted by Crippen LogP contribution is -2.47. The van der Waals surface area contributed by atoms with Crippen LogP contribution in [0, 0.1) is 5.92 Å². The maximum absolute atomic E-state index is 11.9. The Morgan fingerprint density at radius 3 is 2.33 bits per heavy atom. The first-order chi connectivity index (χ1) is 8.17. The molecule has 0 N–H and O–H groups in total. The lowest BCUT2D eigenvalue weighted by Gasteiger charge is -2.27. The highest BCUT2D eigenvalue weighted by Gasteiger charge is 2.47. The number of amides is 2. The zero-order valence-electron chi connectivity index (χ0n) is 11.4. The van der Waals surface area contributed by atoms with Gasteiger partial charge in [-0.1, -0.05) is 6.92 Å². The molecule has 2 unspecified atom stereocenters. The lowest BCUT2D eigenvalue weighted by atomic mass is 10.0. The monoisotopic (exact) mass is 257 g/mol. The maximum atomic E-state index is 11.9. The molecule has 2 atom stereocenters. The number of imide groups is 1. The van der Waals surface area contributed by atoms with Gasteiger partial charge in [0.1, 0.15) is 11.6 Å². The van der Waals surface area contributed by atoms with Crippen molar-refractivity contribution < 1.29 is 23.9 Å². The van der Waals surface area contributed by atoms with Crippen LogP contribution in [0.25, 0.3) is 0 Å². The van der Waals surface area contributed by atoms with Crippen LogP contribution in [-0.4, -0.2) is 41.6 Å². The average molecular weight is 257 g/mol. The van der Waals surface area contributed by atoms with Gasteiger partial charge < -0.3 is 9.47 Å². The second kappa shape index (κ2) is 4.96. The predicted molar refractivity (Wildman–Crippen MR) is 62.7 cm³/mol. The van der Waals surface area contributed by atoms with Crippen molar-refractivity contribution in [2.75, 3.05) is 7.11 Å². The summed E-state index contributed by atoms with van der Waals surface area (Å²) in [6.45, 7) is 6.82. The van der Waals surface area contributed by atoms with Gasteiger partial charge in [0.25, 0.3) is 0 Å². The van der Waals surface area contributed by atoms with Crippen LogP contribution in [0.1, 0.15) is 34.1 Å². The van der Waals surface area contributed by atoms with E-state index in [2.05, 4.69) is 4.74 Å². The first-order valence-corrected chi connectivity index (χ1v) is 5.80. The molecule has 0 aromatic carbocycles. The molecule has 2 amide bonds. The molecule has 1 fully saturated rings. The molecule has 1 saturated heterocycles. The van der Waals surface area contributed by atoms with Crippen LogP contribution in [0.15, 0.2) is 0 Å². The molecular weight excluding hydrogens is 238 g/mol. The summed E-state index contributed by atoms with van der Waals surface area (Å²) in [7, 11) is 1.23. The fourth-order valence-electron chi connectivity index (χ4n) is 1.88. The van der Waals surface area contributed by atoms with Crippen LogP contribution in [0.4, 0.5) is 4.79 Å². The van der Waals surface area contributed by atoms with Crippen molar-refractivity contribution in [3.8, 4) is 0 Å². The van der Waals surface area contributed by atoms with E-state index < -0.39 is 29.6 Å². The van der Waals surface area contributed by atoms with Crippen molar-refractivity contribution in [2.45, 2.75) is 45.8 Å². The number of rotatable bonds is 1. The number of likely N-dealkylation sites (tertiary alicyclic amines) is 1. The molecule has 1 aliphatic heterocycles. The molecule has 1 rings (SSSR count). The van der Waals surface area contributed by atoms with E-state index >= 15 is 0 Å². The Morgan fingerprint density at radius 1 is 1.33 bits per heavy atom. The molecular formula is C12H19NO5. The Hall–Kier alpha value is -1.59. The zero-order chi connectivity index (χ0) is 14.1. The fraction of sp³-hybridized carbons (Fsp3) is 0.750. The van der Waals surface area contributed by atoms with Crippen molar-refractivity contribution in [1.82, 2.24) is 4.90 Å². The Bertz CT molecular complexity index is 371. The van der Waals surface area contributed by atoms with Gasteiger partial charge in [0, 0.05) is 6.42 Å². The van der Waals surface area contributed by atoms with Crippen LogP contribution >= 0.6 is 0 Å². The highest BCUT2D eigenvalue weighted by Crippen LogP contribution is 2.27. The van der Waals surface area contributed by atoms with Gasteiger partial charge in [0.05, 0.1) is 7.11 Å². The van der Waals surface area contributed by atoms with Gasteiger partial charge in [0.2, 0.25) is 5.91 Å². The number of nitrogens with zero attached hydrogens (tertiary/aromatic N) is 1. The standard InChI is InChI=1S/C12H19NO5/c1-7-6-8(14)13(9(7)10(15)17-5)11(16)18-12(2,3)4/h7,9H,6H2,1-5H3. The van der Waals surface area contributed by atoms with Gasteiger partial charge in [-0.25, -0.2) is 14.5 Å². The van der Waals surface area contributed by atoms with Crippen LogP contribution in [0.5, 0.6) is 0 Å². The lowest BCUT2D eigenvalue weighted by molar-refractivity contribution is -0.149. The zero-order valence-corrected chi connectivity index (χ0v) is 11.4. The number of carbonyl (C=O) groups excluding carboxylic acids is 3. The Balaban J connectivity index is 2.93. The minimum absolute atomic E-state index is 0.138. The van der Waals surface area contributed by atoms with E-state index in [0.29, 0.717) is 0 Å².